The van der Waals surface area contributed by atoms with Crippen LogP contribution in [0.25, 0.3) is 22.4 Å². The molecule has 0 aliphatic heterocycles. The number of ether oxygens (including phenoxy) is 1. The van der Waals surface area contributed by atoms with Gasteiger partial charge in [-0.1, -0.05) is 36.4 Å². The topological polar surface area (TPSA) is 70.2 Å². The highest BCUT2D eigenvalue weighted by molar-refractivity contribution is 5.83. The zero-order chi connectivity index (χ0) is 18.8. The molecule has 0 fully saturated rings. The molecule has 27 heavy (non-hydrogen) atoms. The van der Waals surface area contributed by atoms with Crippen molar-refractivity contribution >= 4 is 16.9 Å². The number of benzene rings is 2. The third kappa shape index (κ3) is 3.46. The first-order valence-corrected chi connectivity index (χ1v) is 8.75. The molecule has 0 N–H and O–H groups in total. The summed E-state index contributed by atoms with van der Waals surface area (Å²) in [5.41, 5.74) is 2.83. The predicted molar refractivity (Wildman–Crippen MR) is 101 cm³/mol. The minimum absolute atomic E-state index is 0.128. The molecule has 0 spiro atoms. The molecule has 136 valence electrons. The normalized spacial score (nSPS) is 12.2. The molecule has 0 saturated carbocycles. The molecule has 6 nitrogen and oxygen atoms in total. The van der Waals surface area contributed by atoms with Crippen LogP contribution >= 0.6 is 0 Å². The summed E-state index contributed by atoms with van der Waals surface area (Å²) in [5.74, 6) is 0.323. The van der Waals surface area contributed by atoms with E-state index in [-0.39, 0.29) is 18.4 Å². The van der Waals surface area contributed by atoms with Crippen LogP contribution in [0.5, 0.6) is 0 Å². The monoisotopic (exact) mass is 361 g/mol. The van der Waals surface area contributed by atoms with Crippen LogP contribution in [-0.4, -0.2) is 20.7 Å². The Kier molecular flexibility index (Phi) is 4.46. The maximum atomic E-state index is 12.4. The maximum Gasteiger partial charge on any atom is 0.326 e. The molecule has 0 saturated heterocycles. The van der Waals surface area contributed by atoms with Crippen molar-refractivity contribution in [1.29, 1.82) is 0 Å². The van der Waals surface area contributed by atoms with Crippen LogP contribution in [0.15, 0.2) is 65.1 Å². The number of esters is 1. The van der Waals surface area contributed by atoms with Crippen LogP contribution in [0.3, 0.4) is 0 Å². The van der Waals surface area contributed by atoms with Gasteiger partial charge in [-0.05, 0) is 43.5 Å². The van der Waals surface area contributed by atoms with Crippen LogP contribution < -0.4 is 0 Å². The van der Waals surface area contributed by atoms with Crippen LogP contribution in [0, 0.1) is 6.92 Å². The summed E-state index contributed by atoms with van der Waals surface area (Å²) in [6.07, 6.45) is -0.621. The Morgan fingerprint density at radius 3 is 2.67 bits per heavy atom. The molecule has 0 radical (unpaired) electrons. The lowest BCUT2D eigenvalue weighted by Crippen LogP contribution is -2.16. The van der Waals surface area contributed by atoms with Crippen molar-refractivity contribution in [3.63, 3.8) is 0 Å². The Morgan fingerprint density at radius 1 is 1.11 bits per heavy atom. The summed E-state index contributed by atoms with van der Waals surface area (Å²) in [6, 6.07) is 19.5. The summed E-state index contributed by atoms with van der Waals surface area (Å²) in [6.45, 7) is 3.82. The highest BCUT2D eigenvalue weighted by atomic mass is 16.6. The lowest BCUT2D eigenvalue weighted by Gasteiger charge is -2.12. The summed E-state index contributed by atoms with van der Waals surface area (Å²) in [4.78, 5) is 12.4. The molecule has 4 rings (SSSR count). The zero-order valence-electron chi connectivity index (χ0n) is 15.1. The number of nitrogens with zero attached hydrogens (tertiary/aromatic N) is 3. The van der Waals surface area contributed by atoms with Crippen molar-refractivity contribution in [3.05, 3.63) is 72.2 Å². The van der Waals surface area contributed by atoms with E-state index < -0.39 is 6.10 Å². The number of rotatable bonds is 5. The van der Waals surface area contributed by atoms with Gasteiger partial charge in [-0.3, -0.25) is 4.79 Å². The molecule has 0 aliphatic carbocycles. The van der Waals surface area contributed by atoms with E-state index >= 15 is 0 Å². The molecule has 4 aromatic rings. The molecule has 6 heteroatoms. The molecule has 0 bridgehead atoms. The summed E-state index contributed by atoms with van der Waals surface area (Å²) in [5, 5.41) is 9.14. The van der Waals surface area contributed by atoms with Gasteiger partial charge in [-0.15, -0.1) is 10.2 Å². The van der Waals surface area contributed by atoms with Gasteiger partial charge < -0.3 is 13.7 Å². The van der Waals surface area contributed by atoms with Crippen molar-refractivity contribution in [2.45, 2.75) is 26.5 Å². The molecular weight excluding hydrogens is 342 g/mol. The first-order valence-electron chi connectivity index (χ1n) is 8.75. The minimum Gasteiger partial charge on any atom is -0.451 e. The van der Waals surface area contributed by atoms with Gasteiger partial charge in [-0.2, -0.15) is 0 Å². The number of fused-ring (bicyclic) bond motifs is 1. The average Bonchev–Trinajstić information content (AvgIpc) is 3.28. The van der Waals surface area contributed by atoms with Gasteiger partial charge in [0.2, 0.25) is 5.89 Å². The number of hydrogen-bond acceptors (Lipinski definition) is 5. The second-order valence-electron chi connectivity index (χ2n) is 6.37. The number of aromatic nitrogens is 3. The average molecular weight is 361 g/mol. The van der Waals surface area contributed by atoms with E-state index in [2.05, 4.69) is 16.3 Å². The molecule has 1 unspecified atom stereocenters. The number of hydrogen-bond donors (Lipinski definition) is 0. The first kappa shape index (κ1) is 17.0. The number of carbonyl (C=O) groups excluding carboxylic acids is 1. The van der Waals surface area contributed by atoms with Crippen molar-refractivity contribution in [3.8, 4) is 11.5 Å². The standard InChI is InChI=1S/C21H19N3O3/c1-14-12-17-10-6-7-11-18(17)24(14)13-19(25)26-15(2)20-22-23-21(27-20)16-8-4-3-5-9-16/h3-12,15H,13H2,1-2H3. The fraction of sp³-hybridized carbons (Fsp3) is 0.190. The van der Waals surface area contributed by atoms with Gasteiger partial charge in [0.1, 0.15) is 6.54 Å². The van der Waals surface area contributed by atoms with E-state index in [1.807, 2.05) is 66.1 Å². The molecular formula is C21H19N3O3. The summed E-state index contributed by atoms with van der Waals surface area (Å²) in [7, 11) is 0. The molecule has 0 aliphatic rings. The fourth-order valence-electron chi connectivity index (χ4n) is 3.07. The Labute approximate surface area is 156 Å². The van der Waals surface area contributed by atoms with E-state index in [0.29, 0.717) is 5.89 Å². The number of carbonyl (C=O) groups is 1. The van der Waals surface area contributed by atoms with E-state index in [4.69, 9.17) is 9.15 Å². The number of aryl methyl sites for hydroxylation is 1. The largest absolute Gasteiger partial charge is 0.451 e. The Balaban J connectivity index is 1.47. The van der Waals surface area contributed by atoms with Gasteiger partial charge in [0.25, 0.3) is 5.89 Å². The highest BCUT2D eigenvalue weighted by Gasteiger charge is 2.20. The number of para-hydroxylation sites is 1. The van der Waals surface area contributed by atoms with Crippen LogP contribution in [-0.2, 0) is 16.1 Å². The van der Waals surface area contributed by atoms with E-state index in [0.717, 1.165) is 22.2 Å². The van der Waals surface area contributed by atoms with Crippen LogP contribution in [0.2, 0.25) is 0 Å². The van der Waals surface area contributed by atoms with Gasteiger partial charge in [0.05, 0.1) is 0 Å². The fourth-order valence-corrected chi connectivity index (χ4v) is 3.07. The van der Waals surface area contributed by atoms with Crippen molar-refractivity contribution in [2.24, 2.45) is 0 Å². The summed E-state index contributed by atoms with van der Waals surface area (Å²) >= 11 is 0. The smallest absolute Gasteiger partial charge is 0.326 e. The van der Waals surface area contributed by atoms with E-state index in [1.165, 1.54) is 0 Å². The molecule has 1 atom stereocenters. The van der Waals surface area contributed by atoms with Crippen molar-refractivity contribution < 1.29 is 13.9 Å². The van der Waals surface area contributed by atoms with Gasteiger partial charge >= 0.3 is 5.97 Å². The highest BCUT2D eigenvalue weighted by Crippen LogP contribution is 2.23. The molecule has 0 amide bonds. The Bertz CT molecular complexity index is 1080. The SMILES string of the molecule is Cc1cc2ccccc2n1CC(=O)OC(C)c1nnc(-c2ccccc2)o1. The Morgan fingerprint density at radius 2 is 1.85 bits per heavy atom. The van der Waals surface area contributed by atoms with Gasteiger partial charge in [-0.25, -0.2) is 0 Å². The molecule has 2 aromatic carbocycles. The minimum atomic E-state index is -0.621. The quantitative estimate of drug-likeness (QED) is 0.496. The predicted octanol–water partition coefficient (Wildman–Crippen LogP) is 4.30. The third-order valence-corrected chi connectivity index (χ3v) is 4.42. The van der Waals surface area contributed by atoms with E-state index in [9.17, 15) is 4.79 Å². The van der Waals surface area contributed by atoms with Crippen molar-refractivity contribution in [1.82, 2.24) is 14.8 Å². The van der Waals surface area contributed by atoms with Gasteiger partial charge in [0.15, 0.2) is 6.10 Å². The first-order chi connectivity index (χ1) is 13.1. The van der Waals surface area contributed by atoms with Crippen LogP contribution in [0.1, 0.15) is 24.6 Å². The maximum absolute atomic E-state index is 12.4. The second-order valence-corrected chi connectivity index (χ2v) is 6.37. The lowest BCUT2D eigenvalue weighted by atomic mass is 10.2. The van der Waals surface area contributed by atoms with Crippen LogP contribution in [0.4, 0.5) is 0 Å². The van der Waals surface area contributed by atoms with Crippen molar-refractivity contribution in [2.75, 3.05) is 0 Å². The zero-order valence-corrected chi connectivity index (χ0v) is 15.1. The van der Waals surface area contributed by atoms with E-state index in [1.54, 1.807) is 6.92 Å². The molecule has 2 heterocycles. The summed E-state index contributed by atoms with van der Waals surface area (Å²) < 4.78 is 13.1. The molecule has 2 aromatic heterocycles. The lowest BCUT2D eigenvalue weighted by molar-refractivity contribution is -0.150. The Hall–Kier alpha value is -3.41. The third-order valence-electron chi connectivity index (χ3n) is 4.42. The van der Waals surface area contributed by atoms with Gasteiger partial charge in [0, 0.05) is 16.8 Å². The second kappa shape index (κ2) is 7.07.